The van der Waals surface area contributed by atoms with Crippen molar-refractivity contribution in [2.45, 2.75) is 18.9 Å². The molecule has 0 fully saturated rings. The van der Waals surface area contributed by atoms with E-state index in [-0.39, 0.29) is 6.04 Å². The number of hydrogen-bond donors (Lipinski definition) is 1. The molecule has 0 amide bonds. The van der Waals surface area contributed by atoms with Gasteiger partial charge in [0, 0.05) is 17.7 Å². The van der Waals surface area contributed by atoms with E-state index in [1.807, 2.05) is 18.2 Å². The van der Waals surface area contributed by atoms with Crippen LogP contribution in [0.5, 0.6) is 11.5 Å². The minimum atomic E-state index is 0.191. The molecule has 20 heavy (non-hydrogen) atoms. The maximum absolute atomic E-state index is 6.09. The fourth-order valence-corrected chi connectivity index (χ4v) is 2.86. The Morgan fingerprint density at radius 1 is 1.05 bits per heavy atom. The van der Waals surface area contributed by atoms with Gasteiger partial charge in [-0.05, 0) is 41.7 Å². The van der Waals surface area contributed by atoms with Crippen molar-refractivity contribution in [3.63, 3.8) is 0 Å². The van der Waals surface area contributed by atoms with Crippen molar-refractivity contribution >= 4 is 0 Å². The van der Waals surface area contributed by atoms with Gasteiger partial charge in [-0.2, -0.15) is 0 Å². The Labute approximate surface area is 119 Å². The van der Waals surface area contributed by atoms with Crippen molar-refractivity contribution < 1.29 is 9.47 Å². The Morgan fingerprint density at radius 2 is 1.90 bits per heavy atom. The van der Waals surface area contributed by atoms with E-state index in [0.717, 1.165) is 35.5 Å². The number of fused-ring (bicyclic) bond motifs is 1. The van der Waals surface area contributed by atoms with Crippen LogP contribution in [0.3, 0.4) is 0 Å². The Kier molecular flexibility index (Phi) is 3.36. The van der Waals surface area contributed by atoms with Gasteiger partial charge in [-0.25, -0.2) is 0 Å². The van der Waals surface area contributed by atoms with Crippen LogP contribution in [-0.2, 0) is 6.42 Å². The summed E-state index contributed by atoms with van der Waals surface area (Å²) in [5, 5.41) is 0. The highest BCUT2D eigenvalue weighted by Crippen LogP contribution is 2.37. The maximum atomic E-state index is 6.09. The van der Waals surface area contributed by atoms with Crippen molar-refractivity contribution in [1.29, 1.82) is 0 Å². The average molecular weight is 269 g/mol. The lowest BCUT2D eigenvalue weighted by Crippen LogP contribution is -2.04. The molecule has 2 aromatic rings. The normalized spacial score (nSPS) is 16.9. The molecule has 0 bridgehead atoms. The van der Waals surface area contributed by atoms with E-state index in [1.54, 1.807) is 14.2 Å². The van der Waals surface area contributed by atoms with Crippen LogP contribution >= 0.6 is 0 Å². The van der Waals surface area contributed by atoms with Gasteiger partial charge in [0.2, 0.25) is 0 Å². The molecule has 1 aliphatic rings. The quantitative estimate of drug-likeness (QED) is 0.929. The van der Waals surface area contributed by atoms with E-state index in [9.17, 15) is 0 Å². The molecule has 0 radical (unpaired) electrons. The first kappa shape index (κ1) is 13.0. The van der Waals surface area contributed by atoms with Gasteiger partial charge in [0.1, 0.15) is 11.5 Å². The molecule has 2 N–H and O–H groups in total. The summed E-state index contributed by atoms with van der Waals surface area (Å²) < 4.78 is 10.7. The lowest BCUT2D eigenvalue weighted by molar-refractivity contribution is 0.395. The summed E-state index contributed by atoms with van der Waals surface area (Å²) in [6.45, 7) is 0. The smallest absolute Gasteiger partial charge is 0.130 e. The van der Waals surface area contributed by atoms with Gasteiger partial charge in [-0.1, -0.05) is 18.2 Å². The standard InChI is InChI=1S/C17H19NO2/c1-19-13-5-7-15(17(10-13)20-2)12-3-6-14-11(9-12)4-8-16(14)18/h3,5-7,9-10,16H,4,8,18H2,1-2H3. The second kappa shape index (κ2) is 5.17. The predicted octanol–water partition coefficient (Wildman–Crippen LogP) is 3.32. The number of hydrogen-bond acceptors (Lipinski definition) is 3. The second-order valence-corrected chi connectivity index (χ2v) is 5.12. The fourth-order valence-electron chi connectivity index (χ4n) is 2.86. The third-order valence-corrected chi connectivity index (χ3v) is 3.99. The van der Waals surface area contributed by atoms with Crippen LogP contribution in [0.4, 0.5) is 0 Å². The molecule has 2 aromatic carbocycles. The molecule has 0 aliphatic heterocycles. The van der Waals surface area contributed by atoms with Crippen LogP contribution in [0, 0.1) is 0 Å². The first-order valence-corrected chi connectivity index (χ1v) is 6.83. The van der Waals surface area contributed by atoms with Gasteiger partial charge in [0.15, 0.2) is 0 Å². The summed E-state index contributed by atoms with van der Waals surface area (Å²) in [6, 6.07) is 12.6. The average Bonchev–Trinajstić information content (AvgIpc) is 2.87. The number of benzene rings is 2. The van der Waals surface area contributed by atoms with Crippen LogP contribution in [0.1, 0.15) is 23.6 Å². The van der Waals surface area contributed by atoms with Crippen LogP contribution in [0.25, 0.3) is 11.1 Å². The minimum Gasteiger partial charge on any atom is -0.497 e. The number of methoxy groups -OCH3 is 2. The first-order chi connectivity index (χ1) is 9.72. The van der Waals surface area contributed by atoms with Crippen molar-refractivity contribution in [1.82, 2.24) is 0 Å². The van der Waals surface area contributed by atoms with Crippen LogP contribution < -0.4 is 15.2 Å². The minimum absolute atomic E-state index is 0.191. The van der Waals surface area contributed by atoms with Gasteiger partial charge in [0.25, 0.3) is 0 Å². The molecule has 3 heteroatoms. The lowest BCUT2D eigenvalue weighted by atomic mass is 9.99. The van der Waals surface area contributed by atoms with E-state index >= 15 is 0 Å². The van der Waals surface area contributed by atoms with Crippen LogP contribution in [0.2, 0.25) is 0 Å². The largest absolute Gasteiger partial charge is 0.497 e. The highest BCUT2D eigenvalue weighted by Gasteiger charge is 2.19. The fraction of sp³-hybridized carbons (Fsp3) is 0.294. The zero-order valence-electron chi connectivity index (χ0n) is 11.8. The van der Waals surface area contributed by atoms with Crippen molar-refractivity contribution in [3.8, 4) is 22.6 Å². The number of nitrogens with two attached hydrogens (primary N) is 1. The summed E-state index contributed by atoms with van der Waals surface area (Å²) >= 11 is 0. The lowest BCUT2D eigenvalue weighted by Gasteiger charge is -2.12. The van der Waals surface area contributed by atoms with E-state index in [4.69, 9.17) is 15.2 Å². The monoisotopic (exact) mass is 269 g/mol. The molecule has 0 aromatic heterocycles. The van der Waals surface area contributed by atoms with Crippen molar-refractivity contribution in [3.05, 3.63) is 47.5 Å². The third kappa shape index (κ3) is 2.14. The van der Waals surface area contributed by atoms with E-state index in [1.165, 1.54) is 11.1 Å². The predicted molar refractivity (Wildman–Crippen MR) is 80.2 cm³/mol. The van der Waals surface area contributed by atoms with Crippen LogP contribution in [-0.4, -0.2) is 14.2 Å². The molecular weight excluding hydrogens is 250 g/mol. The molecular formula is C17H19NO2. The van der Waals surface area contributed by atoms with Crippen molar-refractivity contribution in [2.75, 3.05) is 14.2 Å². The molecule has 3 rings (SSSR count). The number of aryl methyl sites for hydroxylation is 1. The Morgan fingerprint density at radius 3 is 2.65 bits per heavy atom. The molecule has 0 saturated carbocycles. The molecule has 0 spiro atoms. The molecule has 0 heterocycles. The number of rotatable bonds is 3. The molecule has 104 valence electrons. The first-order valence-electron chi connectivity index (χ1n) is 6.83. The van der Waals surface area contributed by atoms with Crippen LogP contribution in [0.15, 0.2) is 36.4 Å². The Balaban J connectivity index is 2.05. The highest BCUT2D eigenvalue weighted by atomic mass is 16.5. The topological polar surface area (TPSA) is 44.5 Å². The Bertz CT molecular complexity index is 637. The summed E-state index contributed by atoms with van der Waals surface area (Å²) in [5.41, 5.74) is 11.0. The van der Waals surface area contributed by atoms with Gasteiger partial charge < -0.3 is 15.2 Å². The summed E-state index contributed by atoms with van der Waals surface area (Å²) in [5.74, 6) is 1.63. The van der Waals surface area contributed by atoms with E-state index in [2.05, 4.69) is 18.2 Å². The Hall–Kier alpha value is -2.00. The highest BCUT2D eigenvalue weighted by molar-refractivity contribution is 5.72. The van der Waals surface area contributed by atoms with Crippen molar-refractivity contribution in [2.24, 2.45) is 5.73 Å². The zero-order chi connectivity index (χ0) is 14.1. The summed E-state index contributed by atoms with van der Waals surface area (Å²) in [4.78, 5) is 0. The summed E-state index contributed by atoms with van der Waals surface area (Å²) in [7, 11) is 3.34. The van der Waals surface area contributed by atoms with E-state index in [0.29, 0.717) is 0 Å². The molecule has 0 saturated heterocycles. The van der Waals surface area contributed by atoms with E-state index < -0.39 is 0 Å². The number of ether oxygens (including phenoxy) is 2. The maximum Gasteiger partial charge on any atom is 0.130 e. The molecule has 1 atom stereocenters. The third-order valence-electron chi connectivity index (χ3n) is 3.99. The van der Waals surface area contributed by atoms with Gasteiger partial charge in [-0.3, -0.25) is 0 Å². The summed E-state index contributed by atoms with van der Waals surface area (Å²) in [6.07, 6.45) is 2.10. The molecule has 1 aliphatic carbocycles. The second-order valence-electron chi connectivity index (χ2n) is 5.12. The molecule has 1 unspecified atom stereocenters. The van der Waals surface area contributed by atoms with Gasteiger partial charge in [-0.15, -0.1) is 0 Å². The van der Waals surface area contributed by atoms with Gasteiger partial charge >= 0.3 is 0 Å². The SMILES string of the molecule is COc1ccc(-c2ccc3c(c2)CCC3N)c(OC)c1. The zero-order valence-corrected chi connectivity index (χ0v) is 11.8. The van der Waals surface area contributed by atoms with Gasteiger partial charge in [0.05, 0.1) is 14.2 Å². The molecule has 3 nitrogen and oxygen atoms in total.